The molecular weight excluding hydrogens is 200 g/mol. The Labute approximate surface area is 94.1 Å². The summed E-state index contributed by atoms with van der Waals surface area (Å²) in [7, 11) is 0. The molecule has 0 amide bonds. The number of anilines is 1. The predicted molar refractivity (Wildman–Crippen MR) is 64.4 cm³/mol. The third-order valence-electron chi connectivity index (χ3n) is 3.19. The molecule has 0 unspecified atom stereocenters. The van der Waals surface area contributed by atoms with E-state index in [1.165, 1.54) is 0 Å². The minimum atomic E-state index is -0.190. The number of nitrogens with zero attached hydrogens (tertiary/aromatic N) is 1. The summed E-state index contributed by atoms with van der Waals surface area (Å²) in [5.41, 5.74) is 2.06. The van der Waals surface area contributed by atoms with Gasteiger partial charge in [-0.25, -0.2) is 0 Å². The van der Waals surface area contributed by atoms with Crippen molar-refractivity contribution < 1.29 is 5.11 Å². The minimum absolute atomic E-state index is 0.190. The first-order valence-electron chi connectivity index (χ1n) is 5.62. The number of hydrogen-bond acceptors (Lipinski definition) is 3. The lowest BCUT2D eigenvalue weighted by molar-refractivity contribution is 0.0786. The highest BCUT2D eigenvalue weighted by atomic mass is 16.3. The number of aromatic nitrogens is 1. The van der Waals surface area contributed by atoms with Crippen LogP contribution in [0.1, 0.15) is 12.8 Å². The Bertz CT molecular complexity index is 512. The maximum Gasteiger partial charge on any atom is 0.0741 e. The van der Waals surface area contributed by atoms with E-state index >= 15 is 0 Å². The summed E-state index contributed by atoms with van der Waals surface area (Å²) in [4.78, 5) is 4.27. The lowest BCUT2D eigenvalue weighted by Crippen LogP contribution is -2.42. The molecule has 3 heteroatoms. The molecule has 3 rings (SSSR count). The van der Waals surface area contributed by atoms with Crippen molar-refractivity contribution in [1.82, 2.24) is 4.98 Å². The molecule has 1 fully saturated rings. The molecule has 0 spiro atoms. The normalized spacial score (nSPS) is 24.1. The third kappa shape index (κ3) is 1.63. The van der Waals surface area contributed by atoms with E-state index in [2.05, 4.69) is 16.4 Å². The molecule has 2 atom stereocenters. The number of aliphatic hydroxyl groups is 1. The molecule has 1 aliphatic rings. The molecule has 0 saturated heterocycles. The van der Waals surface area contributed by atoms with Crippen molar-refractivity contribution in [2.45, 2.75) is 25.0 Å². The summed E-state index contributed by atoms with van der Waals surface area (Å²) < 4.78 is 0. The molecule has 1 aromatic heterocycles. The quantitative estimate of drug-likeness (QED) is 0.805. The zero-order chi connectivity index (χ0) is 11.0. The fraction of sp³-hybridized carbons (Fsp3) is 0.308. The number of benzene rings is 1. The zero-order valence-corrected chi connectivity index (χ0v) is 8.93. The van der Waals surface area contributed by atoms with Gasteiger partial charge in [-0.3, -0.25) is 4.98 Å². The summed E-state index contributed by atoms with van der Waals surface area (Å²) >= 11 is 0. The SMILES string of the molecule is O[C@H]1CC[C@@H]1Nc1ccc2ncccc2c1. The van der Waals surface area contributed by atoms with Crippen molar-refractivity contribution in [3.05, 3.63) is 36.5 Å². The summed E-state index contributed by atoms with van der Waals surface area (Å²) in [6.45, 7) is 0. The Hall–Kier alpha value is -1.61. The highest BCUT2D eigenvalue weighted by Crippen LogP contribution is 2.25. The van der Waals surface area contributed by atoms with E-state index in [-0.39, 0.29) is 12.1 Å². The number of nitrogens with one attached hydrogen (secondary N) is 1. The van der Waals surface area contributed by atoms with Gasteiger partial charge in [0.05, 0.1) is 17.7 Å². The molecule has 2 aromatic rings. The van der Waals surface area contributed by atoms with Crippen LogP contribution < -0.4 is 5.32 Å². The van der Waals surface area contributed by atoms with Gasteiger partial charge in [-0.15, -0.1) is 0 Å². The van der Waals surface area contributed by atoms with E-state index in [1.807, 2.05) is 24.3 Å². The highest BCUT2D eigenvalue weighted by Gasteiger charge is 2.28. The molecule has 0 radical (unpaired) electrons. The summed E-state index contributed by atoms with van der Waals surface area (Å²) in [5.74, 6) is 0. The Morgan fingerprint density at radius 2 is 2.19 bits per heavy atom. The fourth-order valence-electron chi connectivity index (χ4n) is 2.03. The molecule has 1 aliphatic carbocycles. The van der Waals surface area contributed by atoms with Crippen LogP contribution in [0.2, 0.25) is 0 Å². The zero-order valence-electron chi connectivity index (χ0n) is 8.93. The monoisotopic (exact) mass is 214 g/mol. The van der Waals surface area contributed by atoms with Crippen LogP contribution in [-0.4, -0.2) is 22.2 Å². The topological polar surface area (TPSA) is 45.1 Å². The second-order valence-corrected chi connectivity index (χ2v) is 4.31. The van der Waals surface area contributed by atoms with Crippen molar-refractivity contribution in [2.75, 3.05) is 5.32 Å². The van der Waals surface area contributed by atoms with Crippen molar-refractivity contribution in [2.24, 2.45) is 0 Å². The van der Waals surface area contributed by atoms with Crippen LogP contribution in [-0.2, 0) is 0 Å². The predicted octanol–water partition coefficient (Wildman–Crippen LogP) is 2.17. The van der Waals surface area contributed by atoms with Gasteiger partial charge in [-0.05, 0) is 37.1 Å². The van der Waals surface area contributed by atoms with Gasteiger partial charge in [0, 0.05) is 17.3 Å². The average Bonchev–Trinajstić information content (AvgIpc) is 2.34. The fourth-order valence-corrected chi connectivity index (χ4v) is 2.03. The van der Waals surface area contributed by atoms with Crippen molar-refractivity contribution >= 4 is 16.6 Å². The van der Waals surface area contributed by atoms with E-state index < -0.39 is 0 Å². The van der Waals surface area contributed by atoms with Crippen LogP contribution in [0.25, 0.3) is 10.9 Å². The van der Waals surface area contributed by atoms with Crippen LogP contribution in [0.4, 0.5) is 5.69 Å². The Morgan fingerprint density at radius 1 is 1.25 bits per heavy atom. The van der Waals surface area contributed by atoms with Gasteiger partial charge < -0.3 is 10.4 Å². The standard InChI is InChI=1S/C13H14N2O/c16-13-6-5-12(13)15-10-3-4-11-9(8-10)2-1-7-14-11/h1-4,7-8,12-13,15-16H,5-6H2/t12-,13-/m0/s1. The molecule has 1 saturated carbocycles. The smallest absolute Gasteiger partial charge is 0.0741 e. The molecule has 0 aliphatic heterocycles. The van der Waals surface area contributed by atoms with Gasteiger partial charge in [0.2, 0.25) is 0 Å². The lowest BCUT2D eigenvalue weighted by Gasteiger charge is -2.33. The molecule has 82 valence electrons. The van der Waals surface area contributed by atoms with E-state index in [0.717, 1.165) is 29.4 Å². The van der Waals surface area contributed by atoms with E-state index in [0.29, 0.717) is 0 Å². The van der Waals surface area contributed by atoms with Gasteiger partial charge in [-0.2, -0.15) is 0 Å². The van der Waals surface area contributed by atoms with Gasteiger partial charge in [0.25, 0.3) is 0 Å². The van der Waals surface area contributed by atoms with Gasteiger partial charge in [-0.1, -0.05) is 6.07 Å². The number of pyridine rings is 1. The van der Waals surface area contributed by atoms with Crippen LogP contribution in [0.5, 0.6) is 0 Å². The molecule has 2 N–H and O–H groups in total. The number of fused-ring (bicyclic) bond motifs is 1. The van der Waals surface area contributed by atoms with Gasteiger partial charge in [0.15, 0.2) is 0 Å². The molecule has 0 bridgehead atoms. The summed E-state index contributed by atoms with van der Waals surface area (Å²) in [6.07, 6.45) is 3.56. The van der Waals surface area contributed by atoms with Crippen molar-refractivity contribution in [1.29, 1.82) is 0 Å². The van der Waals surface area contributed by atoms with E-state index in [4.69, 9.17) is 0 Å². The van der Waals surface area contributed by atoms with Gasteiger partial charge >= 0.3 is 0 Å². The maximum absolute atomic E-state index is 9.51. The molecule has 3 nitrogen and oxygen atoms in total. The molecular formula is C13H14N2O. The van der Waals surface area contributed by atoms with Crippen LogP contribution >= 0.6 is 0 Å². The Morgan fingerprint density at radius 3 is 2.94 bits per heavy atom. The number of rotatable bonds is 2. The van der Waals surface area contributed by atoms with E-state index in [1.54, 1.807) is 6.20 Å². The van der Waals surface area contributed by atoms with Crippen molar-refractivity contribution in [3.63, 3.8) is 0 Å². The third-order valence-corrected chi connectivity index (χ3v) is 3.19. The average molecular weight is 214 g/mol. The lowest BCUT2D eigenvalue weighted by atomic mass is 9.89. The Balaban J connectivity index is 1.87. The number of hydrogen-bond donors (Lipinski definition) is 2. The first kappa shape index (κ1) is 9.60. The second-order valence-electron chi connectivity index (χ2n) is 4.31. The van der Waals surface area contributed by atoms with E-state index in [9.17, 15) is 5.11 Å². The second kappa shape index (κ2) is 3.76. The maximum atomic E-state index is 9.51. The molecule has 1 aromatic carbocycles. The largest absolute Gasteiger partial charge is 0.391 e. The first-order chi connectivity index (χ1) is 7.83. The minimum Gasteiger partial charge on any atom is -0.391 e. The first-order valence-corrected chi connectivity index (χ1v) is 5.62. The van der Waals surface area contributed by atoms with Gasteiger partial charge in [0.1, 0.15) is 0 Å². The van der Waals surface area contributed by atoms with Crippen molar-refractivity contribution in [3.8, 4) is 0 Å². The summed E-state index contributed by atoms with van der Waals surface area (Å²) in [5, 5.41) is 14.0. The summed E-state index contributed by atoms with van der Waals surface area (Å²) in [6, 6.07) is 10.3. The highest BCUT2D eigenvalue weighted by molar-refractivity contribution is 5.82. The van der Waals surface area contributed by atoms with Crippen LogP contribution in [0.3, 0.4) is 0 Å². The van der Waals surface area contributed by atoms with Crippen LogP contribution in [0, 0.1) is 0 Å². The number of aliphatic hydroxyl groups excluding tert-OH is 1. The Kier molecular flexibility index (Phi) is 2.26. The van der Waals surface area contributed by atoms with Crippen LogP contribution in [0.15, 0.2) is 36.5 Å². The molecule has 1 heterocycles. The molecule has 16 heavy (non-hydrogen) atoms.